The molecule has 66 valence electrons. The highest BCUT2D eigenvalue weighted by Crippen LogP contribution is 2.25. The second-order valence-electron chi connectivity index (χ2n) is 3.97. The molecule has 1 aliphatic rings. The molecule has 1 saturated carbocycles. The summed E-state index contributed by atoms with van der Waals surface area (Å²) in [4.78, 5) is 0. The molecule has 0 aromatic heterocycles. The van der Waals surface area contributed by atoms with Gasteiger partial charge in [0.25, 0.3) is 0 Å². The quantitative estimate of drug-likeness (QED) is 0.630. The highest BCUT2D eigenvalue weighted by Gasteiger charge is 2.31. The summed E-state index contributed by atoms with van der Waals surface area (Å²) < 4.78 is 0. The average molecular weight is 157 g/mol. The van der Waals surface area contributed by atoms with Crippen LogP contribution >= 0.6 is 0 Å². The van der Waals surface area contributed by atoms with Gasteiger partial charge in [0.15, 0.2) is 0 Å². The molecule has 1 aliphatic carbocycles. The van der Waals surface area contributed by atoms with Crippen LogP contribution in [-0.4, -0.2) is 23.3 Å². The van der Waals surface area contributed by atoms with Crippen molar-refractivity contribution in [3.8, 4) is 0 Å². The zero-order chi connectivity index (χ0) is 8.43. The van der Waals surface area contributed by atoms with Crippen molar-refractivity contribution in [2.24, 2.45) is 5.92 Å². The first-order valence-electron chi connectivity index (χ1n) is 4.55. The number of hydrogen-bond donors (Lipinski definition) is 2. The maximum Gasteiger partial charge on any atom is 0.0718 e. The molecule has 2 heteroatoms. The smallest absolute Gasteiger partial charge is 0.0718 e. The van der Waals surface area contributed by atoms with Gasteiger partial charge in [0.05, 0.1) is 6.10 Å². The summed E-state index contributed by atoms with van der Waals surface area (Å²) in [6.45, 7) is 6.36. The molecule has 0 aliphatic heterocycles. The third kappa shape index (κ3) is 2.17. The minimum absolute atomic E-state index is 0.127. The van der Waals surface area contributed by atoms with Crippen molar-refractivity contribution in [1.29, 1.82) is 0 Å². The van der Waals surface area contributed by atoms with Gasteiger partial charge < -0.3 is 10.4 Å². The van der Waals surface area contributed by atoms with E-state index in [4.69, 9.17) is 0 Å². The molecule has 0 amide bonds. The third-order valence-corrected chi connectivity index (χ3v) is 2.48. The summed E-state index contributed by atoms with van der Waals surface area (Å²) in [6, 6.07) is 0.824. The van der Waals surface area contributed by atoms with E-state index in [1.54, 1.807) is 0 Å². The van der Waals surface area contributed by atoms with Crippen molar-refractivity contribution in [2.45, 2.75) is 51.8 Å². The molecule has 0 bridgehead atoms. The lowest BCUT2D eigenvalue weighted by molar-refractivity contribution is 0.110. The van der Waals surface area contributed by atoms with Crippen molar-refractivity contribution >= 4 is 0 Å². The van der Waals surface area contributed by atoms with Gasteiger partial charge in [-0.25, -0.2) is 0 Å². The summed E-state index contributed by atoms with van der Waals surface area (Å²) in [5.41, 5.74) is 0. The second kappa shape index (κ2) is 3.55. The van der Waals surface area contributed by atoms with Crippen molar-refractivity contribution in [2.75, 3.05) is 0 Å². The molecule has 11 heavy (non-hydrogen) atoms. The molecule has 2 nitrogen and oxygen atoms in total. The van der Waals surface area contributed by atoms with E-state index in [-0.39, 0.29) is 6.10 Å². The summed E-state index contributed by atoms with van der Waals surface area (Å²) in [7, 11) is 0. The fraction of sp³-hybridized carbons (Fsp3) is 1.00. The SMILES string of the molecule is CC(C)N[C@H]1CC[C@@H](C)[C@H]1O. The highest BCUT2D eigenvalue weighted by molar-refractivity contribution is 4.87. The van der Waals surface area contributed by atoms with Crippen molar-refractivity contribution in [1.82, 2.24) is 5.32 Å². The number of rotatable bonds is 2. The molecular weight excluding hydrogens is 138 g/mol. The third-order valence-electron chi connectivity index (χ3n) is 2.48. The largest absolute Gasteiger partial charge is 0.391 e. The van der Waals surface area contributed by atoms with Crippen LogP contribution in [0, 0.1) is 5.92 Å². The molecule has 0 radical (unpaired) electrons. The summed E-state index contributed by atoms with van der Waals surface area (Å²) in [6.07, 6.45) is 2.16. The van der Waals surface area contributed by atoms with Gasteiger partial charge in [-0.3, -0.25) is 0 Å². The maximum absolute atomic E-state index is 9.64. The Morgan fingerprint density at radius 2 is 2.00 bits per heavy atom. The van der Waals surface area contributed by atoms with Crippen molar-refractivity contribution < 1.29 is 5.11 Å². The van der Waals surface area contributed by atoms with Crippen LogP contribution in [0.4, 0.5) is 0 Å². The van der Waals surface area contributed by atoms with Crippen molar-refractivity contribution in [3.05, 3.63) is 0 Å². The Morgan fingerprint density at radius 3 is 2.36 bits per heavy atom. The summed E-state index contributed by atoms with van der Waals surface area (Å²) in [5, 5.41) is 13.0. The fourth-order valence-electron chi connectivity index (χ4n) is 1.79. The first kappa shape index (κ1) is 9.01. The van der Waals surface area contributed by atoms with Gasteiger partial charge in [-0.2, -0.15) is 0 Å². The van der Waals surface area contributed by atoms with Gasteiger partial charge in [0, 0.05) is 12.1 Å². The Kier molecular flexibility index (Phi) is 2.90. The minimum Gasteiger partial charge on any atom is -0.391 e. The van der Waals surface area contributed by atoms with E-state index in [0.29, 0.717) is 18.0 Å². The molecule has 0 aromatic rings. The Balaban J connectivity index is 2.36. The molecule has 0 aromatic carbocycles. The number of hydrogen-bond acceptors (Lipinski definition) is 2. The molecule has 0 heterocycles. The zero-order valence-corrected chi connectivity index (χ0v) is 7.67. The first-order valence-corrected chi connectivity index (χ1v) is 4.55. The molecule has 1 fully saturated rings. The van der Waals surface area contributed by atoms with Crippen LogP contribution in [0.1, 0.15) is 33.6 Å². The van der Waals surface area contributed by atoms with Gasteiger partial charge in [0.1, 0.15) is 0 Å². The number of nitrogens with one attached hydrogen (secondary N) is 1. The van der Waals surface area contributed by atoms with E-state index in [1.165, 1.54) is 0 Å². The minimum atomic E-state index is -0.127. The lowest BCUT2D eigenvalue weighted by Crippen LogP contribution is -2.41. The summed E-state index contributed by atoms with van der Waals surface area (Å²) in [5.74, 6) is 0.478. The lowest BCUT2D eigenvalue weighted by atomic mass is 10.1. The van der Waals surface area contributed by atoms with Gasteiger partial charge in [-0.1, -0.05) is 20.8 Å². The predicted octanol–water partition coefficient (Wildman–Crippen LogP) is 1.14. The normalized spacial score (nSPS) is 38.5. The van der Waals surface area contributed by atoms with Crippen LogP contribution in [0.5, 0.6) is 0 Å². The Labute approximate surface area is 69.0 Å². The van der Waals surface area contributed by atoms with E-state index in [9.17, 15) is 5.11 Å². The van der Waals surface area contributed by atoms with E-state index in [2.05, 4.69) is 26.1 Å². The Morgan fingerprint density at radius 1 is 1.36 bits per heavy atom. The van der Waals surface area contributed by atoms with E-state index < -0.39 is 0 Å². The zero-order valence-electron chi connectivity index (χ0n) is 7.67. The highest BCUT2D eigenvalue weighted by atomic mass is 16.3. The van der Waals surface area contributed by atoms with Crippen LogP contribution in [-0.2, 0) is 0 Å². The average Bonchev–Trinajstić information content (AvgIpc) is 2.18. The van der Waals surface area contributed by atoms with Crippen LogP contribution in [0.15, 0.2) is 0 Å². The number of aliphatic hydroxyl groups is 1. The Bertz CT molecular complexity index is 125. The van der Waals surface area contributed by atoms with Gasteiger partial charge in [-0.05, 0) is 18.8 Å². The van der Waals surface area contributed by atoms with Crippen LogP contribution in [0.25, 0.3) is 0 Å². The molecule has 0 spiro atoms. The maximum atomic E-state index is 9.64. The van der Waals surface area contributed by atoms with E-state index in [1.807, 2.05) is 0 Å². The van der Waals surface area contributed by atoms with E-state index >= 15 is 0 Å². The molecule has 0 saturated heterocycles. The predicted molar refractivity (Wildman–Crippen MR) is 46.5 cm³/mol. The van der Waals surface area contributed by atoms with E-state index in [0.717, 1.165) is 12.8 Å². The Hall–Kier alpha value is -0.0800. The van der Waals surface area contributed by atoms with Crippen LogP contribution in [0.2, 0.25) is 0 Å². The molecule has 0 unspecified atom stereocenters. The van der Waals surface area contributed by atoms with Gasteiger partial charge in [-0.15, -0.1) is 0 Å². The number of aliphatic hydroxyl groups excluding tert-OH is 1. The molecular formula is C9H19NO. The molecule has 2 N–H and O–H groups in total. The standard InChI is InChI=1S/C9H19NO/c1-6(2)10-8-5-4-7(3)9(8)11/h6-11H,4-5H2,1-3H3/t7-,8+,9-/m1/s1. The topological polar surface area (TPSA) is 32.3 Å². The van der Waals surface area contributed by atoms with Crippen LogP contribution in [0.3, 0.4) is 0 Å². The summed E-state index contributed by atoms with van der Waals surface area (Å²) >= 11 is 0. The fourth-order valence-corrected chi connectivity index (χ4v) is 1.79. The van der Waals surface area contributed by atoms with Gasteiger partial charge in [0.2, 0.25) is 0 Å². The lowest BCUT2D eigenvalue weighted by Gasteiger charge is -2.20. The second-order valence-corrected chi connectivity index (χ2v) is 3.97. The molecule has 3 atom stereocenters. The van der Waals surface area contributed by atoms with Crippen LogP contribution < -0.4 is 5.32 Å². The van der Waals surface area contributed by atoms with Gasteiger partial charge >= 0.3 is 0 Å². The van der Waals surface area contributed by atoms with Crippen molar-refractivity contribution in [3.63, 3.8) is 0 Å². The monoisotopic (exact) mass is 157 g/mol. The first-order chi connectivity index (χ1) is 5.11. The molecule has 1 rings (SSSR count).